The first-order valence-electron chi connectivity index (χ1n) is 4.75. The van der Waals surface area contributed by atoms with E-state index in [1.807, 2.05) is 25.5 Å². The summed E-state index contributed by atoms with van der Waals surface area (Å²) in [6.45, 7) is 1.94. The highest BCUT2D eigenvalue weighted by Crippen LogP contribution is 2.28. The van der Waals surface area contributed by atoms with Crippen molar-refractivity contribution < 1.29 is 15.2 Å². The highest BCUT2D eigenvalue weighted by Gasteiger charge is 2.32. The molecule has 0 amide bonds. The van der Waals surface area contributed by atoms with Gasteiger partial charge in [0.05, 0.1) is 17.0 Å². The van der Waals surface area contributed by atoms with Gasteiger partial charge >= 0.3 is 0 Å². The molecule has 1 aromatic heterocycles. The van der Waals surface area contributed by atoms with Gasteiger partial charge in [-0.1, -0.05) is 11.8 Å². The number of hydrogen-bond donors (Lipinski definition) is 1. The van der Waals surface area contributed by atoms with Crippen LogP contribution in [0.5, 0.6) is 0 Å². The zero-order valence-corrected chi connectivity index (χ0v) is 9.45. The summed E-state index contributed by atoms with van der Waals surface area (Å²) in [5.41, 5.74) is 2.07. The molecule has 6 heteroatoms. The predicted molar refractivity (Wildman–Crippen MR) is 53.9 cm³/mol. The summed E-state index contributed by atoms with van der Waals surface area (Å²) in [6.07, 6.45) is 1.95. The second-order valence-electron chi connectivity index (χ2n) is 3.72. The molecule has 15 heavy (non-hydrogen) atoms. The first-order chi connectivity index (χ1) is 7.08. The van der Waals surface area contributed by atoms with Gasteiger partial charge in [-0.15, -0.1) is 0 Å². The third-order valence-electron chi connectivity index (χ3n) is 2.52. The van der Waals surface area contributed by atoms with E-state index in [9.17, 15) is 9.90 Å². The molecule has 0 bridgehead atoms. The summed E-state index contributed by atoms with van der Waals surface area (Å²) in [7, 11) is 1.87. The molecule has 0 aliphatic carbocycles. The van der Waals surface area contributed by atoms with E-state index >= 15 is 0 Å². The van der Waals surface area contributed by atoms with Crippen molar-refractivity contribution in [3.05, 3.63) is 17.5 Å². The van der Waals surface area contributed by atoms with Crippen molar-refractivity contribution in [2.75, 3.05) is 5.75 Å². The number of nitrogens with zero attached hydrogens (tertiary/aromatic N) is 2. The van der Waals surface area contributed by atoms with Crippen LogP contribution < -0.4 is 10.4 Å². The van der Waals surface area contributed by atoms with Crippen LogP contribution in [0.1, 0.15) is 16.6 Å². The maximum absolute atomic E-state index is 10.7. The topological polar surface area (TPSA) is 74.6 Å². The molecule has 1 saturated heterocycles. The summed E-state index contributed by atoms with van der Waals surface area (Å²) in [4.78, 5) is 10.7. The van der Waals surface area contributed by atoms with Crippen LogP contribution in [0.3, 0.4) is 0 Å². The van der Waals surface area contributed by atoms with Crippen molar-refractivity contribution in [2.24, 2.45) is 7.05 Å². The minimum Gasteiger partial charge on any atom is -0.544 e. The normalized spacial score (nSPS) is 25.7. The minimum absolute atomic E-state index is 0.140. The average Bonchev–Trinajstić information content (AvgIpc) is 2.71. The fourth-order valence-electron chi connectivity index (χ4n) is 1.77. The first-order valence-corrected chi connectivity index (χ1v) is 5.80. The number of nitrogens with two attached hydrogens (primary N) is 1. The third-order valence-corrected chi connectivity index (χ3v) is 3.84. The molecule has 1 aliphatic heterocycles. The Morgan fingerprint density at radius 2 is 2.53 bits per heavy atom. The van der Waals surface area contributed by atoms with E-state index in [4.69, 9.17) is 0 Å². The number of aromatic nitrogens is 2. The van der Waals surface area contributed by atoms with Gasteiger partial charge in [-0.25, -0.2) is 0 Å². The molecule has 0 unspecified atom stereocenters. The molecule has 0 radical (unpaired) electrons. The Morgan fingerprint density at radius 1 is 1.80 bits per heavy atom. The molecule has 2 rings (SSSR count). The maximum Gasteiger partial charge on any atom is 0.162 e. The van der Waals surface area contributed by atoms with E-state index in [1.54, 1.807) is 16.4 Å². The minimum atomic E-state index is -0.980. The highest BCUT2D eigenvalue weighted by molar-refractivity contribution is 7.99. The van der Waals surface area contributed by atoms with Crippen molar-refractivity contribution in [3.63, 3.8) is 0 Å². The molecular formula is C9H13N3O2S. The van der Waals surface area contributed by atoms with E-state index in [0.29, 0.717) is 5.75 Å². The van der Waals surface area contributed by atoms with Crippen LogP contribution >= 0.6 is 11.8 Å². The number of carbonyl (C=O) groups is 1. The Morgan fingerprint density at radius 3 is 3.00 bits per heavy atom. The van der Waals surface area contributed by atoms with Crippen LogP contribution in [0.25, 0.3) is 0 Å². The fraction of sp³-hybridized carbons (Fsp3) is 0.556. The van der Waals surface area contributed by atoms with Gasteiger partial charge in [0, 0.05) is 13.2 Å². The SMILES string of the molecule is Cc1nn(C)cc1[C@@H]1[NH2+][C@H](C(=O)[O-])CS1. The molecular weight excluding hydrogens is 214 g/mol. The summed E-state index contributed by atoms with van der Waals surface area (Å²) in [5.74, 6) is -0.382. The van der Waals surface area contributed by atoms with E-state index < -0.39 is 12.0 Å². The Labute approximate surface area is 91.9 Å². The molecule has 2 heterocycles. The fourth-order valence-corrected chi connectivity index (χ4v) is 3.14. The molecule has 2 N–H and O–H groups in total. The molecule has 82 valence electrons. The van der Waals surface area contributed by atoms with Gasteiger partial charge in [-0.05, 0) is 6.92 Å². The zero-order valence-electron chi connectivity index (χ0n) is 8.64. The van der Waals surface area contributed by atoms with E-state index in [0.717, 1.165) is 11.3 Å². The van der Waals surface area contributed by atoms with E-state index in [2.05, 4.69) is 5.10 Å². The summed E-state index contributed by atoms with van der Waals surface area (Å²) in [5, 5.41) is 16.9. The highest BCUT2D eigenvalue weighted by atomic mass is 32.2. The molecule has 1 aromatic rings. The number of aryl methyl sites for hydroxylation is 2. The average molecular weight is 227 g/mol. The second kappa shape index (κ2) is 3.86. The van der Waals surface area contributed by atoms with E-state index in [1.165, 1.54) is 0 Å². The monoisotopic (exact) mass is 227 g/mol. The van der Waals surface area contributed by atoms with Gasteiger partial charge in [0.2, 0.25) is 0 Å². The van der Waals surface area contributed by atoms with Crippen LogP contribution in [0, 0.1) is 6.92 Å². The van der Waals surface area contributed by atoms with Crippen molar-refractivity contribution in [3.8, 4) is 0 Å². The van der Waals surface area contributed by atoms with Crippen LogP contribution in [-0.4, -0.2) is 27.5 Å². The number of carboxylic acids is 1. The summed E-state index contributed by atoms with van der Waals surface area (Å²) in [6, 6.07) is -0.431. The summed E-state index contributed by atoms with van der Waals surface area (Å²) < 4.78 is 1.76. The smallest absolute Gasteiger partial charge is 0.162 e. The Hall–Kier alpha value is -1.01. The number of thioether (sulfide) groups is 1. The number of quaternary nitrogens is 1. The predicted octanol–water partition coefficient (Wildman–Crippen LogP) is -1.84. The molecule has 0 spiro atoms. The van der Waals surface area contributed by atoms with Gasteiger partial charge in [0.25, 0.3) is 0 Å². The van der Waals surface area contributed by atoms with Gasteiger partial charge < -0.3 is 15.2 Å². The van der Waals surface area contributed by atoms with Crippen LogP contribution in [0.2, 0.25) is 0 Å². The number of aliphatic carboxylic acids is 1. The van der Waals surface area contributed by atoms with Gasteiger partial charge in [0.1, 0.15) is 12.0 Å². The second-order valence-corrected chi connectivity index (χ2v) is 4.89. The molecule has 0 saturated carbocycles. The molecule has 0 aromatic carbocycles. The summed E-state index contributed by atoms with van der Waals surface area (Å²) >= 11 is 1.63. The number of rotatable bonds is 2. The third kappa shape index (κ3) is 2.00. The van der Waals surface area contributed by atoms with Crippen LogP contribution in [0.4, 0.5) is 0 Å². The van der Waals surface area contributed by atoms with Crippen LogP contribution in [0.15, 0.2) is 6.20 Å². The van der Waals surface area contributed by atoms with Gasteiger partial charge in [-0.2, -0.15) is 5.10 Å². The Kier molecular flexibility index (Phi) is 2.70. The lowest BCUT2D eigenvalue weighted by Gasteiger charge is -2.09. The molecule has 1 aliphatic rings. The van der Waals surface area contributed by atoms with Gasteiger partial charge in [-0.3, -0.25) is 4.68 Å². The van der Waals surface area contributed by atoms with Crippen LogP contribution in [-0.2, 0) is 11.8 Å². The molecule has 2 atom stereocenters. The lowest BCUT2D eigenvalue weighted by Crippen LogP contribution is -2.90. The van der Waals surface area contributed by atoms with Crippen molar-refractivity contribution in [1.82, 2.24) is 9.78 Å². The van der Waals surface area contributed by atoms with Crippen molar-refractivity contribution in [2.45, 2.75) is 18.3 Å². The molecule has 1 fully saturated rings. The zero-order chi connectivity index (χ0) is 11.0. The van der Waals surface area contributed by atoms with Crippen molar-refractivity contribution in [1.29, 1.82) is 0 Å². The maximum atomic E-state index is 10.7. The van der Waals surface area contributed by atoms with Crippen molar-refractivity contribution >= 4 is 17.7 Å². The lowest BCUT2D eigenvalue weighted by molar-refractivity contribution is -0.690. The standard InChI is InChI=1S/C9H13N3O2S/c1-5-6(3-12(2)11-5)8-10-7(4-15-8)9(13)14/h3,7-8,10H,4H2,1-2H3,(H,13,14)/t7-,8+/m0/s1. The van der Waals surface area contributed by atoms with E-state index in [-0.39, 0.29) is 5.37 Å². The van der Waals surface area contributed by atoms with Gasteiger partial charge in [0.15, 0.2) is 5.37 Å². The Balaban J connectivity index is 2.14. The Bertz CT molecular complexity index is 391. The molecule has 5 nitrogen and oxygen atoms in total. The lowest BCUT2D eigenvalue weighted by atomic mass is 10.2. The first kappa shape index (κ1) is 10.5. The largest absolute Gasteiger partial charge is 0.544 e. The number of hydrogen-bond acceptors (Lipinski definition) is 4. The number of carboxylic acid groups (broad SMARTS) is 1. The quantitative estimate of drug-likeness (QED) is 0.644. The number of carbonyl (C=O) groups excluding carboxylic acids is 1.